The molecule has 6 heteroatoms. The average Bonchev–Trinajstić information content (AvgIpc) is 3.27. The van der Waals surface area contributed by atoms with E-state index in [9.17, 15) is 10.2 Å². The second kappa shape index (κ2) is 4.50. The van der Waals surface area contributed by atoms with E-state index in [1.165, 1.54) is 0 Å². The van der Waals surface area contributed by atoms with Gasteiger partial charge in [0.2, 0.25) is 0 Å². The van der Waals surface area contributed by atoms with Crippen LogP contribution in [0.15, 0.2) is 0 Å². The zero-order chi connectivity index (χ0) is 18.3. The smallest absolute Gasteiger partial charge is 0.165 e. The van der Waals surface area contributed by atoms with E-state index in [1.54, 1.807) is 0 Å². The largest absolute Gasteiger partial charge is 0.390 e. The molecule has 0 amide bonds. The van der Waals surface area contributed by atoms with E-state index in [-0.39, 0.29) is 35.6 Å². The highest BCUT2D eigenvalue weighted by Gasteiger charge is 2.95. The van der Waals surface area contributed by atoms with Gasteiger partial charge in [-0.05, 0) is 17.8 Å². The molecule has 6 fully saturated rings. The fourth-order valence-corrected chi connectivity index (χ4v) is 8.73. The van der Waals surface area contributed by atoms with E-state index in [0.29, 0.717) is 19.8 Å². The molecule has 2 saturated carbocycles. The van der Waals surface area contributed by atoms with Gasteiger partial charge >= 0.3 is 0 Å². The SMILES string of the molecule is C[C@@H]1COC2[C@H]1C13COC4[C@H](O)[C@@H](C(C)(C)C)C5(CCO[C@H]5O1)C43[C@H]2O. The van der Waals surface area contributed by atoms with Crippen molar-refractivity contribution in [2.45, 2.75) is 70.4 Å². The Morgan fingerprint density at radius 2 is 1.85 bits per heavy atom. The number of aliphatic hydroxyl groups is 2. The van der Waals surface area contributed by atoms with Gasteiger partial charge in [0, 0.05) is 17.3 Å². The third-order valence-electron chi connectivity index (χ3n) is 8.89. The molecular formula is C20H30O6. The molecule has 0 bridgehead atoms. The molecular weight excluding hydrogens is 336 g/mol. The summed E-state index contributed by atoms with van der Waals surface area (Å²) < 4.78 is 25.3. The molecule has 2 aliphatic carbocycles. The molecule has 6 aliphatic rings. The minimum atomic E-state index is -0.696. The lowest BCUT2D eigenvalue weighted by atomic mass is 9.52. The molecule has 4 aliphatic heterocycles. The van der Waals surface area contributed by atoms with Gasteiger partial charge in [0.1, 0.15) is 5.60 Å². The molecule has 0 aromatic rings. The summed E-state index contributed by atoms with van der Waals surface area (Å²) in [6.45, 7) is 10.3. The zero-order valence-electron chi connectivity index (χ0n) is 16.0. The molecule has 146 valence electrons. The highest BCUT2D eigenvalue weighted by molar-refractivity contribution is 5.39. The van der Waals surface area contributed by atoms with E-state index in [0.717, 1.165) is 6.42 Å². The maximum atomic E-state index is 11.7. The molecule has 0 aromatic carbocycles. The van der Waals surface area contributed by atoms with Crippen molar-refractivity contribution in [1.82, 2.24) is 0 Å². The quantitative estimate of drug-likeness (QED) is 0.664. The minimum absolute atomic E-state index is 0.0570. The third-order valence-corrected chi connectivity index (χ3v) is 8.89. The van der Waals surface area contributed by atoms with Crippen LogP contribution in [-0.2, 0) is 18.9 Å². The van der Waals surface area contributed by atoms with Crippen LogP contribution in [0, 0.1) is 34.0 Å². The fourth-order valence-electron chi connectivity index (χ4n) is 8.73. The number of fused-ring (bicyclic) bond motifs is 1. The van der Waals surface area contributed by atoms with Crippen molar-refractivity contribution in [3.8, 4) is 0 Å². The summed E-state index contributed by atoms with van der Waals surface area (Å²) in [5.74, 6) is 0.316. The summed E-state index contributed by atoms with van der Waals surface area (Å²) in [6, 6.07) is 0. The van der Waals surface area contributed by atoms with Crippen molar-refractivity contribution in [2.24, 2.45) is 34.0 Å². The lowest BCUT2D eigenvalue weighted by Gasteiger charge is -2.48. The highest BCUT2D eigenvalue weighted by atomic mass is 16.7. The molecule has 2 spiro atoms. The summed E-state index contributed by atoms with van der Waals surface area (Å²) in [7, 11) is 0. The van der Waals surface area contributed by atoms with Crippen molar-refractivity contribution in [1.29, 1.82) is 0 Å². The standard InChI is InChI=1S/C20H30O6/c1-9-7-24-12-10(9)19-8-25-15-11(21)13(17(2,3)4)18(20(15,19)14(12)22)5-6-23-16(18)26-19/h9-16,21-22H,5-8H2,1-4H3/t9-,10+,11-,12?,13+,14+,15?,16+,18?,19?,20?/m1/s1. The van der Waals surface area contributed by atoms with Crippen molar-refractivity contribution >= 4 is 0 Å². The Bertz CT molecular complexity index is 661. The lowest BCUT2D eigenvalue weighted by Crippen LogP contribution is -2.58. The topological polar surface area (TPSA) is 77.4 Å². The van der Waals surface area contributed by atoms with Crippen LogP contribution in [0.5, 0.6) is 0 Å². The predicted octanol–water partition coefficient (Wildman–Crippen LogP) is 0.936. The first kappa shape index (κ1) is 16.7. The van der Waals surface area contributed by atoms with Gasteiger partial charge in [-0.3, -0.25) is 0 Å². The maximum Gasteiger partial charge on any atom is 0.165 e. The van der Waals surface area contributed by atoms with Crippen LogP contribution in [0.3, 0.4) is 0 Å². The van der Waals surface area contributed by atoms with Crippen molar-refractivity contribution in [2.75, 3.05) is 19.8 Å². The van der Waals surface area contributed by atoms with E-state index < -0.39 is 34.7 Å². The number of rotatable bonds is 0. The molecule has 11 atom stereocenters. The Morgan fingerprint density at radius 1 is 1.08 bits per heavy atom. The molecule has 6 rings (SSSR count). The molecule has 4 saturated heterocycles. The van der Waals surface area contributed by atoms with Crippen molar-refractivity contribution in [3.63, 3.8) is 0 Å². The van der Waals surface area contributed by atoms with Crippen LogP contribution >= 0.6 is 0 Å². The van der Waals surface area contributed by atoms with Gasteiger partial charge in [-0.25, -0.2) is 0 Å². The third kappa shape index (κ3) is 1.31. The molecule has 2 N–H and O–H groups in total. The number of hydrogen-bond donors (Lipinski definition) is 2. The summed E-state index contributed by atoms with van der Waals surface area (Å²) in [4.78, 5) is 0. The Morgan fingerprint density at radius 3 is 2.58 bits per heavy atom. The summed E-state index contributed by atoms with van der Waals surface area (Å²) in [6.07, 6.45) is -1.56. The lowest BCUT2D eigenvalue weighted by molar-refractivity contribution is -0.200. The number of ether oxygens (including phenoxy) is 4. The summed E-state index contributed by atoms with van der Waals surface area (Å²) in [5, 5.41) is 23.2. The maximum absolute atomic E-state index is 11.7. The Labute approximate surface area is 154 Å². The van der Waals surface area contributed by atoms with E-state index >= 15 is 0 Å². The first-order chi connectivity index (χ1) is 12.2. The molecule has 0 radical (unpaired) electrons. The number of hydrogen-bond acceptors (Lipinski definition) is 6. The van der Waals surface area contributed by atoms with Gasteiger partial charge in [-0.1, -0.05) is 27.7 Å². The molecule has 26 heavy (non-hydrogen) atoms. The first-order valence-corrected chi connectivity index (χ1v) is 10.1. The van der Waals surface area contributed by atoms with Crippen LogP contribution in [0.2, 0.25) is 0 Å². The second-order valence-corrected chi connectivity index (χ2v) is 10.7. The van der Waals surface area contributed by atoms with E-state index in [4.69, 9.17) is 18.9 Å². The predicted molar refractivity (Wildman–Crippen MR) is 90.1 cm³/mol. The summed E-state index contributed by atoms with van der Waals surface area (Å²) >= 11 is 0. The Hall–Kier alpha value is -0.240. The first-order valence-electron chi connectivity index (χ1n) is 10.1. The monoisotopic (exact) mass is 366 g/mol. The van der Waals surface area contributed by atoms with Gasteiger partial charge in [0.25, 0.3) is 0 Å². The van der Waals surface area contributed by atoms with Crippen LogP contribution in [0.4, 0.5) is 0 Å². The molecule has 5 unspecified atom stereocenters. The number of aliphatic hydroxyl groups excluding tert-OH is 2. The zero-order valence-corrected chi connectivity index (χ0v) is 16.0. The molecule has 6 nitrogen and oxygen atoms in total. The Kier molecular flexibility index (Phi) is 2.89. The normalized spacial score (nSPS) is 65.3. The van der Waals surface area contributed by atoms with E-state index in [1.807, 2.05) is 0 Å². The highest BCUT2D eigenvalue weighted by Crippen LogP contribution is 2.83. The van der Waals surface area contributed by atoms with Gasteiger partial charge in [0.15, 0.2) is 6.29 Å². The van der Waals surface area contributed by atoms with Crippen molar-refractivity contribution in [3.05, 3.63) is 0 Å². The van der Waals surface area contributed by atoms with Gasteiger partial charge in [-0.2, -0.15) is 0 Å². The van der Waals surface area contributed by atoms with Gasteiger partial charge in [0.05, 0.1) is 49.7 Å². The Balaban J connectivity index is 1.65. The van der Waals surface area contributed by atoms with Crippen LogP contribution in [0.25, 0.3) is 0 Å². The fraction of sp³-hybridized carbons (Fsp3) is 1.00. The van der Waals surface area contributed by atoms with Crippen LogP contribution in [0.1, 0.15) is 34.1 Å². The van der Waals surface area contributed by atoms with Crippen LogP contribution in [-0.4, -0.2) is 66.3 Å². The van der Waals surface area contributed by atoms with Gasteiger partial charge in [-0.15, -0.1) is 0 Å². The summed E-state index contributed by atoms with van der Waals surface area (Å²) in [5.41, 5.74) is -1.86. The average molecular weight is 366 g/mol. The van der Waals surface area contributed by atoms with Crippen molar-refractivity contribution < 1.29 is 29.2 Å². The van der Waals surface area contributed by atoms with Crippen LogP contribution < -0.4 is 0 Å². The molecule has 4 heterocycles. The second-order valence-electron chi connectivity index (χ2n) is 10.7. The van der Waals surface area contributed by atoms with E-state index in [2.05, 4.69) is 27.7 Å². The molecule has 0 aromatic heterocycles. The van der Waals surface area contributed by atoms with Gasteiger partial charge < -0.3 is 29.2 Å². The minimum Gasteiger partial charge on any atom is -0.390 e.